The van der Waals surface area contributed by atoms with Crippen LogP contribution in [-0.4, -0.2) is 39.9 Å². The molecular weight excluding hydrogens is 257 g/mol. The standard InChI is InChI=1S/C13H22BN3O3/c1-12(2)13(3,4)20-14(19-12)10-9-15-17(16-10)11-7-5-6-8-18-11/h9,11H,5-8H2,1-4H3. The molecule has 1 aromatic heterocycles. The van der Waals surface area contributed by atoms with Crippen LogP contribution in [0.2, 0.25) is 0 Å². The number of ether oxygens (including phenoxy) is 1. The van der Waals surface area contributed by atoms with Gasteiger partial charge >= 0.3 is 7.12 Å². The molecule has 1 aromatic rings. The van der Waals surface area contributed by atoms with Crippen LogP contribution < -0.4 is 5.59 Å². The van der Waals surface area contributed by atoms with Crippen LogP contribution >= 0.6 is 0 Å². The van der Waals surface area contributed by atoms with Crippen LogP contribution in [0.3, 0.4) is 0 Å². The molecule has 0 N–H and O–H groups in total. The Bertz CT molecular complexity index is 467. The Morgan fingerprint density at radius 2 is 1.90 bits per heavy atom. The highest BCUT2D eigenvalue weighted by Crippen LogP contribution is 2.36. The van der Waals surface area contributed by atoms with Gasteiger partial charge in [-0.3, -0.25) is 0 Å². The van der Waals surface area contributed by atoms with Crippen molar-refractivity contribution in [2.75, 3.05) is 6.61 Å². The van der Waals surface area contributed by atoms with Crippen LogP contribution in [0.25, 0.3) is 0 Å². The first-order chi connectivity index (χ1) is 9.39. The van der Waals surface area contributed by atoms with Crippen molar-refractivity contribution in [3.8, 4) is 0 Å². The maximum atomic E-state index is 5.97. The van der Waals surface area contributed by atoms with Gasteiger partial charge in [-0.1, -0.05) is 0 Å². The SMILES string of the molecule is CC1(C)OB(c2cnn(C3CCCCO3)n2)OC1(C)C. The van der Waals surface area contributed by atoms with Gasteiger partial charge < -0.3 is 14.0 Å². The van der Waals surface area contributed by atoms with Crippen molar-refractivity contribution in [1.82, 2.24) is 15.0 Å². The lowest BCUT2D eigenvalue weighted by Crippen LogP contribution is -2.41. The van der Waals surface area contributed by atoms with Crippen molar-refractivity contribution >= 4 is 12.7 Å². The topological polar surface area (TPSA) is 58.4 Å². The Morgan fingerprint density at radius 3 is 2.50 bits per heavy atom. The zero-order valence-electron chi connectivity index (χ0n) is 12.6. The molecule has 3 heterocycles. The van der Waals surface area contributed by atoms with Crippen molar-refractivity contribution in [3.05, 3.63) is 6.20 Å². The Hall–Kier alpha value is -0.915. The largest absolute Gasteiger partial charge is 0.518 e. The van der Waals surface area contributed by atoms with E-state index in [0.29, 0.717) is 5.59 Å². The molecule has 0 radical (unpaired) electrons. The number of nitrogens with zero attached hydrogens (tertiary/aromatic N) is 3. The third kappa shape index (κ3) is 2.38. The fourth-order valence-corrected chi connectivity index (χ4v) is 2.40. The highest BCUT2D eigenvalue weighted by atomic mass is 16.7. The molecule has 1 unspecified atom stereocenters. The molecule has 7 heteroatoms. The molecule has 2 aliphatic heterocycles. The minimum absolute atomic E-state index is 0.0556. The summed E-state index contributed by atoms with van der Waals surface area (Å²) >= 11 is 0. The minimum Gasteiger partial charge on any atom is -0.398 e. The third-order valence-corrected chi connectivity index (χ3v) is 4.43. The summed E-state index contributed by atoms with van der Waals surface area (Å²) in [5, 5.41) is 8.78. The molecule has 6 nitrogen and oxygen atoms in total. The summed E-state index contributed by atoms with van der Waals surface area (Å²) in [5.41, 5.74) is -0.0104. The van der Waals surface area contributed by atoms with Crippen molar-refractivity contribution < 1.29 is 14.0 Å². The van der Waals surface area contributed by atoms with Crippen LogP contribution in [0, 0.1) is 0 Å². The highest BCUT2D eigenvalue weighted by molar-refractivity contribution is 6.61. The van der Waals surface area contributed by atoms with Gasteiger partial charge in [-0.05, 0) is 47.0 Å². The van der Waals surface area contributed by atoms with Gasteiger partial charge in [0, 0.05) is 6.61 Å². The summed E-state index contributed by atoms with van der Waals surface area (Å²) in [6.07, 6.45) is 4.87. The molecule has 2 saturated heterocycles. The van der Waals surface area contributed by atoms with Gasteiger partial charge in [0.1, 0.15) is 5.59 Å². The van der Waals surface area contributed by atoms with Gasteiger partial charge in [0.15, 0.2) is 6.23 Å². The van der Waals surface area contributed by atoms with Crippen LogP contribution in [0.1, 0.15) is 53.2 Å². The molecule has 2 aliphatic rings. The first-order valence-electron chi connectivity index (χ1n) is 7.28. The predicted octanol–water partition coefficient (Wildman–Crippen LogP) is 1.28. The minimum atomic E-state index is -0.461. The summed E-state index contributed by atoms with van der Waals surface area (Å²) in [6.45, 7) is 8.89. The van der Waals surface area contributed by atoms with Crippen LogP contribution in [-0.2, 0) is 14.0 Å². The highest BCUT2D eigenvalue weighted by Gasteiger charge is 2.52. The normalized spacial score (nSPS) is 28.8. The van der Waals surface area contributed by atoms with E-state index in [1.165, 1.54) is 0 Å². The summed E-state index contributed by atoms with van der Waals surface area (Å²) in [5.74, 6) is 0. The Labute approximate surface area is 119 Å². The molecule has 0 aliphatic carbocycles. The molecule has 1 atom stereocenters. The lowest BCUT2D eigenvalue weighted by Gasteiger charge is -2.32. The second-order valence-electron chi connectivity index (χ2n) is 6.50. The smallest absolute Gasteiger partial charge is 0.398 e. The molecule has 0 amide bonds. The molecule has 0 saturated carbocycles. The lowest BCUT2D eigenvalue weighted by molar-refractivity contribution is -0.0478. The van der Waals surface area contributed by atoms with Gasteiger partial charge in [0.05, 0.1) is 17.4 Å². The van der Waals surface area contributed by atoms with Crippen LogP contribution in [0.4, 0.5) is 0 Å². The number of aromatic nitrogens is 3. The van der Waals surface area contributed by atoms with E-state index in [9.17, 15) is 0 Å². The van der Waals surface area contributed by atoms with Gasteiger partial charge in [0.25, 0.3) is 0 Å². The first-order valence-corrected chi connectivity index (χ1v) is 7.28. The van der Waals surface area contributed by atoms with Gasteiger partial charge in [-0.15, -0.1) is 0 Å². The maximum absolute atomic E-state index is 5.97. The zero-order valence-corrected chi connectivity index (χ0v) is 12.6. The summed E-state index contributed by atoms with van der Waals surface area (Å²) in [7, 11) is -0.461. The van der Waals surface area contributed by atoms with E-state index in [1.807, 2.05) is 27.7 Å². The fraction of sp³-hybridized carbons (Fsp3) is 0.846. The number of rotatable bonds is 2. The van der Waals surface area contributed by atoms with Crippen LogP contribution in [0.5, 0.6) is 0 Å². The number of hydrogen-bond donors (Lipinski definition) is 0. The van der Waals surface area contributed by atoms with E-state index in [2.05, 4.69) is 10.2 Å². The van der Waals surface area contributed by atoms with Crippen molar-refractivity contribution in [1.29, 1.82) is 0 Å². The van der Waals surface area contributed by atoms with Crippen molar-refractivity contribution in [3.63, 3.8) is 0 Å². The van der Waals surface area contributed by atoms with E-state index < -0.39 is 7.12 Å². The summed E-state index contributed by atoms with van der Waals surface area (Å²) in [4.78, 5) is 1.64. The molecule has 3 rings (SSSR count). The molecular formula is C13H22BN3O3. The van der Waals surface area contributed by atoms with Gasteiger partial charge in [-0.25, -0.2) is 0 Å². The second kappa shape index (κ2) is 4.82. The van der Waals surface area contributed by atoms with E-state index >= 15 is 0 Å². The van der Waals surface area contributed by atoms with Crippen LogP contribution in [0.15, 0.2) is 6.20 Å². The van der Waals surface area contributed by atoms with Gasteiger partial charge in [-0.2, -0.15) is 15.0 Å². The summed E-state index contributed by atoms with van der Waals surface area (Å²) < 4.78 is 17.6. The Balaban J connectivity index is 1.74. The Kier molecular flexibility index (Phi) is 3.39. The number of hydrogen-bond acceptors (Lipinski definition) is 5. The lowest BCUT2D eigenvalue weighted by atomic mass is 9.86. The monoisotopic (exact) mass is 279 g/mol. The quantitative estimate of drug-likeness (QED) is 0.763. The zero-order chi connectivity index (χ0) is 14.4. The molecule has 0 bridgehead atoms. The second-order valence-corrected chi connectivity index (χ2v) is 6.50. The van der Waals surface area contributed by atoms with E-state index in [4.69, 9.17) is 14.0 Å². The molecule has 110 valence electrons. The fourth-order valence-electron chi connectivity index (χ4n) is 2.40. The predicted molar refractivity (Wildman–Crippen MR) is 74.6 cm³/mol. The van der Waals surface area contributed by atoms with E-state index in [1.54, 1.807) is 11.0 Å². The average molecular weight is 279 g/mol. The first kappa shape index (κ1) is 14.0. The average Bonchev–Trinajstić information content (AvgIpc) is 2.94. The Morgan fingerprint density at radius 1 is 1.20 bits per heavy atom. The van der Waals surface area contributed by atoms with Crippen molar-refractivity contribution in [2.45, 2.75) is 64.4 Å². The molecule has 2 fully saturated rings. The van der Waals surface area contributed by atoms with Crippen molar-refractivity contribution in [2.24, 2.45) is 0 Å². The van der Waals surface area contributed by atoms with E-state index in [0.717, 1.165) is 25.9 Å². The van der Waals surface area contributed by atoms with Gasteiger partial charge in [0.2, 0.25) is 0 Å². The molecule has 20 heavy (non-hydrogen) atoms. The molecule has 0 spiro atoms. The maximum Gasteiger partial charge on any atom is 0.518 e. The molecule has 0 aromatic carbocycles. The van der Waals surface area contributed by atoms with E-state index in [-0.39, 0.29) is 17.4 Å². The summed E-state index contributed by atoms with van der Waals surface area (Å²) in [6, 6.07) is 0. The third-order valence-electron chi connectivity index (χ3n) is 4.43.